The van der Waals surface area contributed by atoms with Crippen LogP contribution in [-0.2, 0) is 21.1 Å². The molecular weight excluding hydrogens is 319 g/mol. The van der Waals surface area contributed by atoms with Crippen LogP contribution in [0.25, 0.3) is 0 Å². The molecule has 1 fully saturated rings. The number of halogens is 1. The Balaban J connectivity index is 1.70. The Labute approximate surface area is 135 Å². The molecule has 126 valence electrons. The third-order valence-corrected chi connectivity index (χ3v) is 6.34. The van der Waals surface area contributed by atoms with Crippen LogP contribution in [0.5, 0.6) is 0 Å². The smallest absolute Gasteiger partial charge is 0.239 e. The second-order valence-corrected chi connectivity index (χ2v) is 8.61. The van der Waals surface area contributed by atoms with Gasteiger partial charge in [0, 0.05) is 12.6 Å². The van der Waals surface area contributed by atoms with Crippen LogP contribution < -0.4 is 10.2 Å². The van der Waals surface area contributed by atoms with E-state index in [9.17, 15) is 17.6 Å². The molecule has 2 aliphatic rings. The van der Waals surface area contributed by atoms with Gasteiger partial charge in [-0.1, -0.05) is 6.07 Å². The quantitative estimate of drug-likeness (QED) is 0.898. The van der Waals surface area contributed by atoms with Crippen molar-refractivity contribution in [1.29, 1.82) is 0 Å². The van der Waals surface area contributed by atoms with Crippen molar-refractivity contribution in [3.05, 3.63) is 29.1 Å². The highest BCUT2D eigenvalue weighted by molar-refractivity contribution is 7.91. The highest BCUT2D eigenvalue weighted by Gasteiger charge is 2.30. The van der Waals surface area contributed by atoms with Gasteiger partial charge in [-0.25, -0.2) is 12.8 Å². The zero-order chi connectivity index (χ0) is 16.6. The van der Waals surface area contributed by atoms with E-state index in [1.807, 2.05) is 6.92 Å². The van der Waals surface area contributed by atoms with Crippen molar-refractivity contribution in [3.8, 4) is 0 Å². The minimum Gasteiger partial charge on any atom is -0.360 e. The summed E-state index contributed by atoms with van der Waals surface area (Å²) in [6.07, 6.45) is 2.15. The van der Waals surface area contributed by atoms with E-state index in [-0.39, 0.29) is 35.8 Å². The lowest BCUT2D eigenvalue weighted by Gasteiger charge is -2.32. The molecule has 1 aromatic carbocycles. The predicted octanol–water partition coefficient (Wildman–Crippen LogP) is 1.19. The monoisotopic (exact) mass is 340 g/mol. The molecule has 3 rings (SSSR count). The van der Waals surface area contributed by atoms with Gasteiger partial charge in [-0.15, -0.1) is 0 Å². The van der Waals surface area contributed by atoms with Crippen LogP contribution in [0.2, 0.25) is 0 Å². The number of fused-ring (bicyclic) bond motifs is 1. The third-order valence-electron chi connectivity index (χ3n) is 4.57. The molecule has 1 atom stereocenters. The fourth-order valence-electron chi connectivity index (χ4n) is 3.44. The van der Waals surface area contributed by atoms with Gasteiger partial charge in [0.15, 0.2) is 9.84 Å². The van der Waals surface area contributed by atoms with Crippen molar-refractivity contribution in [2.24, 2.45) is 0 Å². The number of sulfone groups is 1. The first-order chi connectivity index (χ1) is 10.9. The Morgan fingerprint density at radius 1 is 1.43 bits per heavy atom. The molecule has 23 heavy (non-hydrogen) atoms. The van der Waals surface area contributed by atoms with Crippen LogP contribution >= 0.6 is 0 Å². The standard InChI is InChI=1S/C16H21FN2O3S/c1-11-4-5-14(17)16-13(11)3-2-7-19(16)9-15(20)18-12-6-8-23(21,22)10-12/h4-5,12H,2-3,6-10H2,1H3,(H,18,20)/t12-/m1/s1. The van der Waals surface area contributed by atoms with Gasteiger partial charge in [-0.2, -0.15) is 0 Å². The summed E-state index contributed by atoms with van der Waals surface area (Å²) in [5, 5.41) is 2.76. The molecule has 0 spiro atoms. The number of carbonyl (C=O) groups is 1. The Bertz CT molecular complexity index is 733. The molecule has 0 bridgehead atoms. The molecule has 5 nitrogen and oxygen atoms in total. The van der Waals surface area contributed by atoms with Crippen molar-refractivity contribution < 1.29 is 17.6 Å². The number of anilines is 1. The van der Waals surface area contributed by atoms with Crippen molar-refractivity contribution in [3.63, 3.8) is 0 Å². The van der Waals surface area contributed by atoms with Crippen LogP contribution in [0.4, 0.5) is 10.1 Å². The SMILES string of the molecule is Cc1ccc(F)c2c1CCCN2CC(=O)N[C@@H]1CCS(=O)(=O)C1. The van der Waals surface area contributed by atoms with E-state index in [2.05, 4.69) is 5.32 Å². The van der Waals surface area contributed by atoms with E-state index in [4.69, 9.17) is 0 Å². The van der Waals surface area contributed by atoms with E-state index in [0.717, 1.165) is 24.0 Å². The Hall–Kier alpha value is -1.63. The molecule has 1 saturated heterocycles. The lowest BCUT2D eigenvalue weighted by atomic mass is 9.96. The van der Waals surface area contributed by atoms with Crippen molar-refractivity contribution >= 4 is 21.4 Å². The molecule has 2 heterocycles. The molecule has 0 aliphatic carbocycles. The fourth-order valence-corrected chi connectivity index (χ4v) is 5.11. The first-order valence-electron chi connectivity index (χ1n) is 7.88. The topological polar surface area (TPSA) is 66.5 Å². The van der Waals surface area contributed by atoms with Crippen LogP contribution in [-0.4, -0.2) is 45.0 Å². The molecule has 1 aromatic rings. The number of nitrogens with zero attached hydrogens (tertiary/aromatic N) is 1. The lowest BCUT2D eigenvalue weighted by Crippen LogP contribution is -2.44. The number of benzene rings is 1. The van der Waals surface area contributed by atoms with Gasteiger partial charge in [0.1, 0.15) is 5.82 Å². The zero-order valence-corrected chi connectivity index (χ0v) is 14.0. The van der Waals surface area contributed by atoms with Crippen LogP contribution in [0.3, 0.4) is 0 Å². The summed E-state index contributed by atoms with van der Waals surface area (Å²) >= 11 is 0. The Kier molecular flexibility index (Phi) is 4.31. The zero-order valence-electron chi connectivity index (χ0n) is 13.1. The summed E-state index contributed by atoms with van der Waals surface area (Å²) in [5.41, 5.74) is 2.52. The number of carbonyl (C=O) groups excluding carboxylic acids is 1. The number of hydrogen-bond donors (Lipinski definition) is 1. The average molecular weight is 340 g/mol. The van der Waals surface area contributed by atoms with Gasteiger partial charge in [0.05, 0.1) is 23.7 Å². The van der Waals surface area contributed by atoms with E-state index >= 15 is 0 Å². The largest absolute Gasteiger partial charge is 0.360 e. The van der Waals surface area contributed by atoms with Gasteiger partial charge >= 0.3 is 0 Å². The van der Waals surface area contributed by atoms with E-state index in [1.54, 1.807) is 11.0 Å². The summed E-state index contributed by atoms with van der Waals surface area (Å²) in [7, 11) is -3.02. The molecule has 0 unspecified atom stereocenters. The van der Waals surface area contributed by atoms with Gasteiger partial charge in [0.2, 0.25) is 5.91 Å². The molecule has 7 heteroatoms. The lowest BCUT2D eigenvalue weighted by molar-refractivity contribution is -0.120. The predicted molar refractivity (Wildman–Crippen MR) is 86.9 cm³/mol. The maximum Gasteiger partial charge on any atom is 0.239 e. The number of rotatable bonds is 3. The number of hydrogen-bond acceptors (Lipinski definition) is 4. The maximum absolute atomic E-state index is 14.2. The second kappa shape index (κ2) is 6.11. The van der Waals surface area contributed by atoms with Crippen molar-refractivity contribution in [2.75, 3.05) is 29.5 Å². The summed E-state index contributed by atoms with van der Waals surface area (Å²) in [6.45, 7) is 2.64. The summed E-state index contributed by atoms with van der Waals surface area (Å²) in [6, 6.07) is 2.88. The number of aryl methyl sites for hydroxylation is 1. The van der Waals surface area contributed by atoms with E-state index in [1.165, 1.54) is 6.07 Å². The number of amides is 1. The first kappa shape index (κ1) is 16.2. The van der Waals surface area contributed by atoms with Crippen molar-refractivity contribution in [1.82, 2.24) is 5.32 Å². The molecule has 1 N–H and O–H groups in total. The Morgan fingerprint density at radius 2 is 2.22 bits per heavy atom. The molecule has 0 saturated carbocycles. The normalized spacial score (nSPS) is 22.7. The fraction of sp³-hybridized carbons (Fsp3) is 0.562. The molecular formula is C16H21FN2O3S. The van der Waals surface area contributed by atoms with Gasteiger partial charge in [-0.05, 0) is 43.4 Å². The van der Waals surface area contributed by atoms with E-state index in [0.29, 0.717) is 18.7 Å². The maximum atomic E-state index is 14.2. The molecule has 1 amide bonds. The first-order valence-corrected chi connectivity index (χ1v) is 9.70. The second-order valence-electron chi connectivity index (χ2n) is 6.38. The Morgan fingerprint density at radius 3 is 2.91 bits per heavy atom. The number of nitrogens with one attached hydrogen (secondary N) is 1. The summed E-state index contributed by atoms with van der Waals surface area (Å²) in [5.74, 6) is -0.427. The van der Waals surface area contributed by atoms with Gasteiger partial charge < -0.3 is 10.2 Å². The van der Waals surface area contributed by atoms with Gasteiger partial charge in [0.25, 0.3) is 0 Å². The van der Waals surface area contributed by atoms with Crippen LogP contribution in [0, 0.1) is 12.7 Å². The van der Waals surface area contributed by atoms with Crippen LogP contribution in [0.15, 0.2) is 12.1 Å². The molecule has 0 aromatic heterocycles. The van der Waals surface area contributed by atoms with Crippen molar-refractivity contribution in [2.45, 2.75) is 32.2 Å². The summed E-state index contributed by atoms with van der Waals surface area (Å²) < 4.78 is 37.1. The third kappa shape index (κ3) is 3.49. The highest BCUT2D eigenvalue weighted by atomic mass is 32.2. The average Bonchev–Trinajstić information content (AvgIpc) is 2.82. The van der Waals surface area contributed by atoms with Crippen LogP contribution in [0.1, 0.15) is 24.0 Å². The minimum absolute atomic E-state index is 0.00277. The van der Waals surface area contributed by atoms with Gasteiger partial charge in [-0.3, -0.25) is 4.79 Å². The minimum atomic E-state index is -3.02. The highest BCUT2D eigenvalue weighted by Crippen LogP contribution is 2.32. The molecule has 0 radical (unpaired) electrons. The van der Waals surface area contributed by atoms with E-state index < -0.39 is 9.84 Å². The molecule has 2 aliphatic heterocycles. The summed E-state index contributed by atoms with van der Waals surface area (Å²) in [4.78, 5) is 14.0.